The van der Waals surface area contributed by atoms with Crippen LogP contribution in [0.2, 0.25) is 0 Å². The number of carboxylic acids is 1. The number of aromatic carboxylic acids is 1. The monoisotopic (exact) mass is 617 g/mol. The van der Waals surface area contributed by atoms with Crippen molar-refractivity contribution in [3.8, 4) is 23.0 Å². The zero-order valence-electron chi connectivity index (χ0n) is 26.2. The molecule has 0 aliphatic carbocycles. The predicted octanol–water partition coefficient (Wildman–Crippen LogP) is 7.82. The lowest BCUT2D eigenvalue weighted by atomic mass is 9.72. The van der Waals surface area contributed by atoms with Crippen molar-refractivity contribution in [3.05, 3.63) is 130 Å². The molecule has 0 radical (unpaired) electrons. The lowest BCUT2D eigenvalue weighted by Crippen LogP contribution is -2.37. The van der Waals surface area contributed by atoms with E-state index in [0.29, 0.717) is 33.9 Å². The third-order valence-corrected chi connectivity index (χ3v) is 8.24. The zero-order chi connectivity index (χ0) is 32.8. The standard InChI is InChI=1S/C38H35NO7/c1-24-11-16-30(37(42)43)34(21-24)46-29-14-12-27(13-15-29)35(36(41)28-22-32(44-3)25(2)33(23-28)45-4)38(18-8-20-39-38)19-17-31(40)26-9-6-5-7-10-26/h5-16,18,20-23,35H,17,19H2,1-4H3,(H,42,43). The second-order valence-electron chi connectivity index (χ2n) is 11.2. The van der Waals surface area contributed by atoms with E-state index in [2.05, 4.69) is 0 Å². The molecule has 0 bridgehead atoms. The maximum Gasteiger partial charge on any atom is 0.339 e. The molecule has 0 saturated heterocycles. The van der Waals surface area contributed by atoms with Gasteiger partial charge in [-0.25, -0.2) is 4.79 Å². The highest BCUT2D eigenvalue weighted by atomic mass is 16.5. The molecule has 8 heteroatoms. The maximum atomic E-state index is 14.6. The van der Waals surface area contributed by atoms with E-state index in [1.54, 1.807) is 73.0 Å². The van der Waals surface area contributed by atoms with Crippen LogP contribution in [0.25, 0.3) is 0 Å². The number of allylic oxidation sites excluding steroid dienone is 1. The normalized spacial score (nSPS) is 15.7. The van der Waals surface area contributed by atoms with Gasteiger partial charge in [-0.15, -0.1) is 0 Å². The van der Waals surface area contributed by atoms with Crippen LogP contribution in [-0.2, 0) is 0 Å². The Balaban J connectivity index is 1.56. The third kappa shape index (κ3) is 6.61. The molecule has 234 valence electrons. The van der Waals surface area contributed by atoms with Crippen LogP contribution >= 0.6 is 0 Å². The molecule has 0 aromatic heterocycles. The number of carbonyl (C=O) groups excluding carboxylic acids is 2. The van der Waals surface area contributed by atoms with Gasteiger partial charge in [0.15, 0.2) is 11.6 Å². The summed E-state index contributed by atoms with van der Waals surface area (Å²) in [5.74, 6) is -0.562. The molecular weight excluding hydrogens is 582 g/mol. The number of nitrogens with zero attached hydrogens (tertiary/aromatic N) is 1. The van der Waals surface area contributed by atoms with Gasteiger partial charge in [0, 0.05) is 29.3 Å². The summed E-state index contributed by atoms with van der Waals surface area (Å²) in [4.78, 5) is 44.5. The molecular formula is C38H35NO7. The summed E-state index contributed by atoms with van der Waals surface area (Å²) in [7, 11) is 3.08. The average Bonchev–Trinajstić information content (AvgIpc) is 3.54. The molecule has 0 saturated carbocycles. The van der Waals surface area contributed by atoms with E-state index in [-0.39, 0.29) is 35.7 Å². The summed E-state index contributed by atoms with van der Waals surface area (Å²) in [6.45, 7) is 3.71. The number of rotatable bonds is 13. The summed E-state index contributed by atoms with van der Waals surface area (Å²) < 4.78 is 17.1. The summed E-state index contributed by atoms with van der Waals surface area (Å²) in [6.07, 6.45) is 5.79. The molecule has 0 spiro atoms. The van der Waals surface area contributed by atoms with E-state index < -0.39 is 17.4 Å². The van der Waals surface area contributed by atoms with Gasteiger partial charge in [-0.2, -0.15) is 0 Å². The van der Waals surface area contributed by atoms with Crippen LogP contribution in [0.15, 0.2) is 102 Å². The summed E-state index contributed by atoms with van der Waals surface area (Å²) in [6, 6.07) is 24.3. The fourth-order valence-electron chi connectivity index (χ4n) is 5.79. The number of hydrogen-bond donors (Lipinski definition) is 1. The van der Waals surface area contributed by atoms with Crippen LogP contribution in [-0.4, -0.2) is 48.6 Å². The maximum absolute atomic E-state index is 14.6. The van der Waals surface area contributed by atoms with Crippen LogP contribution in [0.3, 0.4) is 0 Å². The molecule has 1 aliphatic heterocycles. The number of methoxy groups -OCH3 is 2. The number of ketones is 2. The van der Waals surface area contributed by atoms with Gasteiger partial charge in [-0.3, -0.25) is 14.6 Å². The van der Waals surface area contributed by atoms with Gasteiger partial charge in [-0.1, -0.05) is 54.6 Å². The fourth-order valence-corrected chi connectivity index (χ4v) is 5.79. The average molecular weight is 618 g/mol. The van der Waals surface area contributed by atoms with E-state index in [1.807, 2.05) is 38.1 Å². The molecule has 4 aromatic rings. The van der Waals surface area contributed by atoms with Crippen molar-refractivity contribution in [1.29, 1.82) is 0 Å². The van der Waals surface area contributed by atoms with Crippen LogP contribution in [0.4, 0.5) is 0 Å². The molecule has 1 aliphatic rings. The Bertz CT molecular complexity index is 1790. The molecule has 0 fully saturated rings. The highest BCUT2D eigenvalue weighted by molar-refractivity contribution is 6.04. The predicted molar refractivity (Wildman–Crippen MR) is 176 cm³/mol. The molecule has 46 heavy (non-hydrogen) atoms. The van der Waals surface area contributed by atoms with Crippen LogP contribution in [0.5, 0.6) is 23.0 Å². The number of carbonyl (C=O) groups is 3. The number of aliphatic imine (C=N–C) groups is 1. The number of hydrogen-bond acceptors (Lipinski definition) is 7. The second kappa shape index (κ2) is 13.6. The van der Waals surface area contributed by atoms with Crippen molar-refractivity contribution < 1.29 is 33.7 Å². The molecule has 5 rings (SSSR count). The third-order valence-electron chi connectivity index (χ3n) is 8.24. The molecule has 0 amide bonds. The Labute approximate surface area is 268 Å². The first-order valence-corrected chi connectivity index (χ1v) is 14.9. The van der Waals surface area contributed by atoms with Crippen LogP contribution in [0, 0.1) is 13.8 Å². The van der Waals surface area contributed by atoms with E-state index in [0.717, 1.165) is 11.1 Å². The van der Waals surface area contributed by atoms with E-state index >= 15 is 0 Å². The Morgan fingerprint density at radius 1 is 0.826 bits per heavy atom. The minimum Gasteiger partial charge on any atom is -0.496 e. The minimum atomic E-state index is -1.10. The lowest BCUT2D eigenvalue weighted by Gasteiger charge is -2.33. The van der Waals surface area contributed by atoms with Crippen molar-refractivity contribution in [1.82, 2.24) is 0 Å². The van der Waals surface area contributed by atoms with Gasteiger partial charge in [-0.05, 0) is 73.9 Å². The van der Waals surface area contributed by atoms with Crippen molar-refractivity contribution in [2.45, 2.75) is 38.1 Å². The van der Waals surface area contributed by atoms with Gasteiger partial charge in [0.05, 0.1) is 25.7 Å². The Kier molecular flexibility index (Phi) is 9.47. The number of Topliss-reactive ketones (excluding diaryl/α,β-unsaturated/α-hetero) is 2. The molecule has 2 unspecified atom stereocenters. The van der Waals surface area contributed by atoms with E-state index in [9.17, 15) is 19.5 Å². The SMILES string of the molecule is COc1cc(C(=O)C(c2ccc(Oc3cc(C)ccc3C(=O)O)cc2)C2(CCC(=O)c3ccccc3)C=CC=N2)cc(OC)c1C. The number of aryl methyl sites for hydroxylation is 1. The Hall–Kier alpha value is -5.50. The van der Waals surface area contributed by atoms with E-state index in [4.69, 9.17) is 19.2 Å². The minimum absolute atomic E-state index is 0.0393. The number of ether oxygens (including phenoxy) is 3. The molecule has 8 nitrogen and oxygen atoms in total. The highest BCUT2D eigenvalue weighted by Gasteiger charge is 2.44. The van der Waals surface area contributed by atoms with Gasteiger partial charge >= 0.3 is 5.97 Å². The first kappa shape index (κ1) is 31.9. The largest absolute Gasteiger partial charge is 0.496 e. The fraction of sp³-hybridized carbons (Fsp3) is 0.211. The summed E-state index contributed by atoms with van der Waals surface area (Å²) in [5, 5.41) is 9.65. The van der Waals surface area contributed by atoms with Gasteiger partial charge in [0.2, 0.25) is 0 Å². The highest BCUT2D eigenvalue weighted by Crippen LogP contribution is 2.43. The zero-order valence-corrected chi connectivity index (χ0v) is 26.2. The van der Waals surface area contributed by atoms with Crippen LogP contribution in [0.1, 0.15) is 66.5 Å². The first-order valence-electron chi connectivity index (χ1n) is 14.9. The quantitative estimate of drug-likeness (QED) is 0.152. The van der Waals surface area contributed by atoms with Crippen molar-refractivity contribution in [2.75, 3.05) is 14.2 Å². The summed E-state index contributed by atoms with van der Waals surface area (Å²) >= 11 is 0. The van der Waals surface area contributed by atoms with Gasteiger partial charge < -0.3 is 19.3 Å². The van der Waals surface area contributed by atoms with E-state index in [1.165, 1.54) is 20.3 Å². The Morgan fingerprint density at radius 2 is 1.50 bits per heavy atom. The molecule has 2 atom stereocenters. The Morgan fingerprint density at radius 3 is 2.09 bits per heavy atom. The summed E-state index contributed by atoms with van der Waals surface area (Å²) in [5.41, 5.74) is 2.22. The smallest absolute Gasteiger partial charge is 0.339 e. The second-order valence-corrected chi connectivity index (χ2v) is 11.2. The number of carboxylic acid groups (broad SMARTS) is 1. The topological polar surface area (TPSA) is 111 Å². The molecule has 4 aromatic carbocycles. The number of benzene rings is 4. The van der Waals surface area contributed by atoms with Crippen molar-refractivity contribution in [2.24, 2.45) is 4.99 Å². The van der Waals surface area contributed by atoms with Crippen molar-refractivity contribution in [3.63, 3.8) is 0 Å². The lowest BCUT2D eigenvalue weighted by molar-refractivity contribution is 0.0693. The van der Waals surface area contributed by atoms with Crippen LogP contribution < -0.4 is 14.2 Å². The first-order chi connectivity index (χ1) is 22.2. The van der Waals surface area contributed by atoms with Gasteiger partial charge in [0.1, 0.15) is 28.6 Å². The molecule has 1 N–H and O–H groups in total. The van der Waals surface area contributed by atoms with Gasteiger partial charge in [0.25, 0.3) is 0 Å². The molecule has 1 heterocycles. The van der Waals surface area contributed by atoms with Crippen molar-refractivity contribution >= 4 is 23.8 Å².